The fraction of sp³-hybridized carbons (Fsp3) is 0.467. The highest BCUT2D eigenvalue weighted by atomic mass is 35.5. The quantitative estimate of drug-likeness (QED) is 0.779. The Balaban J connectivity index is 1.99. The molecule has 1 aliphatic rings. The lowest BCUT2D eigenvalue weighted by molar-refractivity contribution is -0.142. The largest absolute Gasteiger partial charge is 0.479 e. The first-order chi connectivity index (χ1) is 10.2. The van der Waals surface area contributed by atoms with Gasteiger partial charge in [0.2, 0.25) is 6.41 Å². The van der Waals surface area contributed by atoms with Crippen LogP contribution in [0.1, 0.15) is 13.3 Å². The number of para-hydroxylation sites is 1. The molecule has 0 aromatic heterocycles. The zero-order valence-corrected chi connectivity index (χ0v) is 12.8. The number of hydrogen-bond acceptors (Lipinski definition) is 3. The van der Waals surface area contributed by atoms with Crippen LogP contribution in [-0.2, 0) is 9.59 Å². The molecule has 0 radical (unpaired) electrons. The topological polar surface area (TPSA) is 49.9 Å². The van der Waals surface area contributed by atoms with E-state index in [1.165, 1.54) is 0 Å². The van der Waals surface area contributed by atoms with E-state index >= 15 is 0 Å². The van der Waals surface area contributed by atoms with Gasteiger partial charge in [-0.3, -0.25) is 9.59 Å². The molecule has 1 aromatic carbocycles. The maximum absolute atomic E-state index is 12.5. The second-order valence-corrected chi connectivity index (χ2v) is 5.32. The number of piperazine rings is 1. The fourth-order valence-electron chi connectivity index (χ4n) is 2.25. The highest BCUT2D eigenvalue weighted by Crippen LogP contribution is 2.25. The molecule has 0 aliphatic carbocycles. The van der Waals surface area contributed by atoms with Crippen molar-refractivity contribution in [2.75, 3.05) is 26.2 Å². The zero-order chi connectivity index (χ0) is 15.2. The minimum absolute atomic E-state index is 0.0528. The van der Waals surface area contributed by atoms with Crippen LogP contribution in [0.5, 0.6) is 5.75 Å². The maximum Gasteiger partial charge on any atom is 0.263 e. The molecule has 6 heteroatoms. The van der Waals surface area contributed by atoms with Gasteiger partial charge in [-0.05, 0) is 18.6 Å². The molecule has 1 aromatic rings. The summed E-state index contributed by atoms with van der Waals surface area (Å²) in [6.07, 6.45) is 0.838. The lowest BCUT2D eigenvalue weighted by Crippen LogP contribution is -2.51. The molecule has 0 saturated carbocycles. The minimum Gasteiger partial charge on any atom is -0.479 e. The van der Waals surface area contributed by atoms with Gasteiger partial charge >= 0.3 is 0 Å². The van der Waals surface area contributed by atoms with Crippen LogP contribution in [0.15, 0.2) is 24.3 Å². The van der Waals surface area contributed by atoms with Crippen molar-refractivity contribution in [2.24, 2.45) is 0 Å². The van der Waals surface area contributed by atoms with Crippen molar-refractivity contribution in [2.45, 2.75) is 19.4 Å². The summed E-state index contributed by atoms with van der Waals surface area (Å²) in [6, 6.07) is 7.12. The molecule has 0 spiro atoms. The average molecular weight is 311 g/mol. The lowest BCUT2D eigenvalue weighted by atomic mass is 10.2. The molecule has 21 heavy (non-hydrogen) atoms. The highest BCUT2D eigenvalue weighted by molar-refractivity contribution is 6.32. The molecule has 0 bridgehead atoms. The molecule has 0 N–H and O–H groups in total. The van der Waals surface area contributed by atoms with E-state index in [2.05, 4.69) is 0 Å². The number of halogens is 1. The van der Waals surface area contributed by atoms with Gasteiger partial charge in [0, 0.05) is 26.2 Å². The Morgan fingerprint density at radius 1 is 1.33 bits per heavy atom. The number of rotatable bonds is 5. The third-order valence-corrected chi connectivity index (χ3v) is 3.84. The Hall–Kier alpha value is -1.75. The summed E-state index contributed by atoms with van der Waals surface area (Å²) in [5.41, 5.74) is 0. The van der Waals surface area contributed by atoms with Crippen LogP contribution < -0.4 is 4.74 Å². The van der Waals surface area contributed by atoms with Gasteiger partial charge in [0.1, 0.15) is 5.75 Å². The van der Waals surface area contributed by atoms with Crippen LogP contribution in [0.3, 0.4) is 0 Å². The van der Waals surface area contributed by atoms with E-state index in [4.69, 9.17) is 16.3 Å². The summed E-state index contributed by atoms with van der Waals surface area (Å²) >= 11 is 6.06. The van der Waals surface area contributed by atoms with E-state index in [0.29, 0.717) is 43.4 Å². The molecule has 1 atom stereocenters. The van der Waals surface area contributed by atoms with E-state index < -0.39 is 6.10 Å². The van der Waals surface area contributed by atoms with Gasteiger partial charge in [0.15, 0.2) is 6.10 Å². The number of benzene rings is 1. The fourth-order valence-corrected chi connectivity index (χ4v) is 2.43. The van der Waals surface area contributed by atoms with Crippen LogP contribution in [-0.4, -0.2) is 54.4 Å². The first kappa shape index (κ1) is 15.6. The second kappa shape index (κ2) is 7.31. The Morgan fingerprint density at radius 2 is 2.00 bits per heavy atom. The van der Waals surface area contributed by atoms with E-state index in [1.807, 2.05) is 19.1 Å². The van der Waals surface area contributed by atoms with Gasteiger partial charge in [-0.25, -0.2) is 0 Å². The number of carbonyl (C=O) groups excluding carboxylic acids is 2. The van der Waals surface area contributed by atoms with Gasteiger partial charge < -0.3 is 14.5 Å². The molecule has 2 rings (SSSR count). The predicted octanol–water partition coefficient (Wildman–Crippen LogP) is 1.80. The summed E-state index contributed by atoms with van der Waals surface area (Å²) in [5.74, 6) is 0.467. The van der Waals surface area contributed by atoms with Crippen molar-refractivity contribution in [3.05, 3.63) is 29.3 Å². The molecule has 2 amide bonds. The third kappa shape index (κ3) is 3.88. The molecule has 114 valence electrons. The molecule has 1 heterocycles. The monoisotopic (exact) mass is 310 g/mol. The van der Waals surface area contributed by atoms with Gasteiger partial charge in [-0.15, -0.1) is 0 Å². The van der Waals surface area contributed by atoms with Crippen molar-refractivity contribution in [1.82, 2.24) is 9.80 Å². The number of hydrogen-bond donors (Lipinski definition) is 0. The molecule has 1 aliphatic heterocycles. The maximum atomic E-state index is 12.5. The van der Waals surface area contributed by atoms with Crippen LogP contribution in [0, 0.1) is 0 Å². The standard InChI is InChI=1S/C15H19ClN2O3/c1-2-13(21-14-6-4-3-5-12(14)16)15(20)18-9-7-17(11-19)8-10-18/h3-6,11,13H,2,7-10H2,1H3/t13-/m1/s1. The van der Waals surface area contributed by atoms with E-state index in [0.717, 1.165) is 6.41 Å². The van der Waals surface area contributed by atoms with Crippen molar-refractivity contribution < 1.29 is 14.3 Å². The average Bonchev–Trinajstić information content (AvgIpc) is 2.53. The molecule has 1 fully saturated rings. The summed E-state index contributed by atoms with van der Waals surface area (Å²) in [7, 11) is 0. The number of ether oxygens (including phenoxy) is 1. The van der Waals surface area contributed by atoms with E-state index in [1.54, 1.807) is 21.9 Å². The van der Waals surface area contributed by atoms with Crippen LogP contribution in [0.4, 0.5) is 0 Å². The number of amides is 2. The van der Waals surface area contributed by atoms with Gasteiger partial charge in [0.25, 0.3) is 5.91 Å². The van der Waals surface area contributed by atoms with Crippen molar-refractivity contribution >= 4 is 23.9 Å². The normalized spacial score (nSPS) is 16.5. The summed E-state index contributed by atoms with van der Waals surface area (Å²) in [4.78, 5) is 26.6. The summed E-state index contributed by atoms with van der Waals surface area (Å²) in [5, 5.41) is 0.495. The van der Waals surface area contributed by atoms with Crippen LogP contribution >= 0.6 is 11.6 Å². The second-order valence-electron chi connectivity index (χ2n) is 4.91. The Labute approximate surface area is 129 Å². The number of nitrogens with zero attached hydrogens (tertiary/aromatic N) is 2. The molecule has 0 unspecified atom stereocenters. The van der Waals surface area contributed by atoms with Crippen molar-refractivity contribution in [1.29, 1.82) is 0 Å². The van der Waals surface area contributed by atoms with Gasteiger partial charge in [0.05, 0.1) is 5.02 Å². The number of carbonyl (C=O) groups is 2. The third-order valence-electron chi connectivity index (χ3n) is 3.53. The van der Waals surface area contributed by atoms with Crippen LogP contribution in [0.2, 0.25) is 5.02 Å². The zero-order valence-electron chi connectivity index (χ0n) is 12.0. The molecule has 1 saturated heterocycles. The summed E-state index contributed by atoms with van der Waals surface area (Å²) < 4.78 is 5.76. The smallest absolute Gasteiger partial charge is 0.263 e. The van der Waals surface area contributed by atoms with E-state index in [-0.39, 0.29) is 5.91 Å². The minimum atomic E-state index is -0.548. The molecular weight excluding hydrogens is 292 g/mol. The Morgan fingerprint density at radius 3 is 2.57 bits per heavy atom. The van der Waals surface area contributed by atoms with Gasteiger partial charge in [-0.2, -0.15) is 0 Å². The lowest BCUT2D eigenvalue weighted by Gasteiger charge is -2.34. The van der Waals surface area contributed by atoms with Crippen LogP contribution in [0.25, 0.3) is 0 Å². The van der Waals surface area contributed by atoms with Crippen molar-refractivity contribution in [3.63, 3.8) is 0 Å². The SMILES string of the molecule is CC[C@@H](Oc1ccccc1Cl)C(=O)N1CCN(C=O)CC1. The van der Waals surface area contributed by atoms with Crippen molar-refractivity contribution in [3.8, 4) is 5.75 Å². The first-order valence-electron chi connectivity index (χ1n) is 7.05. The molecule has 5 nitrogen and oxygen atoms in total. The Kier molecular flexibility index (Phi) is 5.44. The first-order valence-corrected chi connectivity index (χ1v) is 7.42. The highest BCUT2D eigenvalue weighted by Gasteiger charge is 2.27. The Bertz CT molecular complexity index is 501. The van der Waals surface area contributed by atoms with E-state index in [9.17, 15) is 9.59 Å². The molecular formula is C15H19ClN2O3. The summed E-state index contributed by atoms with van der Waals surface area (Å²) in [6.45, 7) is 4.12. The predicted molar refractivity (Wildman–Crippen MR) is 80.4 cm³/mol. The van der Waals surface area contributed by atoms with Gasteiger partial charge in [-0.1, -0.05) is 30.7 Å².